The number of carbonyl (C=O) groups is 1. The number of rotatable bonds is 2. The average Bonchev–Trinajstić information content (AvgIpc) is 3.01. The molecule has 9 heteroatoms. The number of benzene rings is 2. The summed E-state index contributed by atoms with van der Waals surface area (Å²) < 4.78 is 15.3. The predicted octanol–water partition coefficient (Wildman–Crippen LogP) is 4.32. The largest absolute Gasteiger partial charge is 0.475 e. The van der Waals surface area contributed by atoms with Crippen molar-refractivity contribution < 1.29 is 14.3 Å². The summed E-state index contributed by atoms with van der Waals surface area (Å²) in [5.74, 6) is -1.83. The van der Waals surface area contributed by atoms with Crippen LogP contribution < -0.4 is 0 Å². The third-order valence-corrected chi connectivity index (χ3v) is 4.77. The van der Waals surface area contributed by atoms with E-state index >= 15 is 0 Å². The van der Waals surface area contributed by atoms with Crippen LogP contribution in [0.2, 0.25) is 10.0 Å². The van der Waals surface area contributed by atoms with Crippen molar-refractivity contribution in [1.82, 2.24) is 14.8 Å². The molecule has 1 aromatic heterocycles. The van der Waals surface area contributed by atoms with E-state index in [0.717, 1.165) is 0 Å². The van der Waals surface area contributed by atoms with Crippen LogP contribution in [-0.4, -0.2) is 31.6 Å². The van der Waals surface area contributed by atoms with Crippen LogP contribution in [0.15, 0.2) is 41.4 Å². The maximum Gasteiger partial charge on any atom is 0.374 e. The zero-order valence-corrected chi connectivity index (χ0v) is 15.3. The normalized spacial score (nSPS) is 15.6. The summed E-state index contributed by atoms with van der Waals surface area (Å²) in [6.07, 6.45) is 0. The Morgan fingerprint density at radius 1 is 1.15 bits per heavy atom. The molecule has 1 atom stereocenters. The highest BCUT2D eigenvalue weighted by Crippen LogP contribution is 2.33. The average molecular weight is 405 g/mol. The lowest BCUT2D eigenvalue weighted by Crippen LogP contribution is -2.13. The molecule has 6 nitrogen and oxygen atoms in total. The van der Waals surface area contributed by atoms with Gasteiger partial charge in [-0.05, 0) is 43.3 Å². The van der Waals surface area contributed by atoms with Gasteiger partial charge in [0.15, 0.2) is 5.82 Å². The first-order valence-corrected chi connectivity index (χ1v) is 8.64. The molecule has 4 rings (SSSR count). The number of nitrogens with zero attached hydrogens (tertiary/aromatic N) is 4. The van der Waals surface area contributed by atoms with Crippen LogP contribution in [-0.2, 0) is 0 Å². The second-order valence-corrected chi connectivity index (χ2v) is 6.81. The van der Waals surface area contributed by atoms with Gasteiger partial charge in [-0.1, -0.05) is 23.2 Å². The molecule has 0 amide bonds. The molecule has 1 N–H and O–H groups in total. The van der Waals surface area contributed by atoms with Crippen molar-refractivity contribution in [3.05, 3.63) is 75.0 Å². The summed E-state index contributed by atoms with van der Waals surface area (Å²) in [6.45, 7) is 1.75. The van der Waals surface area contributed by atoms with Crippen molar-refractivity contribution in [3.63, 3.8) is 0 Å². The van der Waals surface area contributed by atoms with Crippen LogP contribution in [0.1, 0.15) is 40.5 Å². The second kappa shape index (κ2) is 6.44. The summed E-state index contributed by atoms with van der Waals surface area (Å²) in [7, 11) is 0. The smallest absolute Gasteiger partial charge is 0.374 e. The molecule has 0 saturated heterocycles. The van der Waals surface area contributed by atoms with Crippen molar-refractivity contribution in [3.8, 4) is 5.69 Å². The van der Waals surface area contributed by atoms with E-state index in [9.17, 15) is 14.3 Å². The van der Waals surface area contributed by atoms with Gasteiger partial charge in [0.1, 0.15) is 11.9 Å². The first-order chi connectivity index (χ1) is 12.9. The molecule has 136 valence electrons. The van der Waals surface area contributed by atoms with Gasteiger partial charge < -0.3 is 5.11 Å². The molecule has 2 aromatic carbocycles. The van der Waals surface area contributed by atoms with Crippen LogP contribution in [0.3, 0.4) is 0 Å². The lowest BCUT2D eigenvalue weighted by molar-refractivity contribution is 0.0680. The van der Waals surface area contributed by atoms with Crippen molar-refractivity contribution in [1.29, 1.82) is 0 Å². The molecule has 0 aliphatic carbocycles. The summed E-state index contributed by atoms with van der Waals surface area (Å²) in [4.78, 5) is 16.3. The maximum absolute atomic E-state index is 14.0. The molecule has 1 aliphatic rings. The number of hydrogen-bond donors (Lipinski definition) is 1. The van der Waals surface area contributed by atoms with Gasteiger partial charge in [0.25, 0.3) is 0 Å². The van der Waals surface area contributed by atoms with E-state index in [1.807, 2.05) is 0 Å². The first kappa shape index (κ1) is 17.6. The van der Waals surface area contributed by atoms with E-state index < -0.39 is 17.8 Å². The van der Waals surface area contributed by atoms with Crippen LogP contribution in [0.25, 0.3) is 5.69 Å². The van der Waals surface area contributed by atoms with Crippen LogP contribution in [0.4, 0.5) is 4.39 Å². The van der Waals surface area contributed by atoms with Crippen LogP contribution in [0.5, 0.6) is 0 Å². The number of aromatic nitrogens is 3. The minimum Gasteiger partial charge on any atom is -0.475 e. The van der Waals surface area contributed by atoms with Crippen molar-refractivity contribution >= 4 is 34.9 Å². The fourth-order valence-electron chi connectivity index (χ4n) is 3.05. The molecule has 0 radical (unpaired) electrons. The van der Waals surface area contributed by atoms with E-state index in [2.05, 4.69) is 15.2 Å². The third kappa shape index (κ3) is 2.89. The SMILES string of the molecule is CC1N=C(c2ccc(Cl)cc2Cl)c2ccc(F)cc2-n2c(C(=O)O)nnc21. The maximum atomic E-state index is 14.0. The fraction of sp³-hybridized carbons (Fsp3) is 0.111. The van der Waals surface area contributed by atoms with Gasteiger partial charge in [-0.25, -0.2) is 9.18 Å². The molecule has 1 aliphatic heterocycles. The van der Waals surface area contributed by atoms with Gasteiger partial charge in [0.2, 0.25) is 5.82 Å². The number of hydrogen-bond acceptors (Lipinski definition) is 4. The fourth-order valence-corrected chi connectivity index (χ4v) is 3.55. The number of carboxylic acid groups (broad SMARTS) is 1. The Labute approximate surface area is 162 Å². The molecule has 0 fully saturated rings. The van der Waals surface area contributed by atoms with Gasteiger partial charge in [-0.2, -0.15) is 0 Å². The molecule has 0 spiro atoms. The Bertz CT molecular complexity index is 1130. The minimum atomic E-state index is -1.27. The molecule has 0 bridgehead atoms. The Morgan fingerprint density at radius 2 is 1.89 bits per heavy atom. The molecule has 27 heavy (non-hydrogen) atoms. The highest BCUT2D eigenvalue weighted by Gasteiger charge is 2.30. The standard InChI is InChI=1S/C18H11Cl2FN4O2/c1-8-16-23-24-17(18(26)27)25(16)14-7-10(21)3-5-12(14)15(22-8)11-4-2-9(19)6-13(11)20/h2-8H,1H3,(H,26,27). The highest BCUT2D eigenvalue weighted by molar-refractivity contribution is 6.38. The summed E-state index contributed by atoms with van der Waals surface area (Å²) in [6, 6.07) is 8.47. The molecule has 3 aromatic rings. The number of carboxylic acids is 1. The summed E-state index contributed by atoms with van der Waals surface area (Å²) in [5.41, 5.74) is 1.87. The summed E-state index contributed by atoms with van der Waals surface area (Å²) >= 11 is 12.3. The molecule has 2 heterocycles. The number of halogens is 3. The van der Waals surface area contributed by atoms with Gasteiger partial charge in [-0.15, -0.1) is 10.2 Å². The van der Waals surface area contributed by atoms with Gasteiger partial charge >= 0.3 is 5.97 Å². The van der Waals surface area contributed by atoms with E-state index in [4.69, 9.17) is 23.2 Å². The molecule has 0 saturated carbocycles. The Kier molecular flexibility index (Phi) is 4.20. The monoisotopic (exact) mass is 404 g/mol. The number of aromatic carboxylic acids is 1. The second-order valence-electron chi connectivity index (χ2n) is 5.96. The Morgan fingerprint density at radius 3 is 2.59 bits per heavy atom. The van der Waals surface area contributed by atoms with Crippen LogP contribution >= 0.6 is 23.2 Å². The molecular weight excluding hydrogens is 394 g/mol. The van der Waals surface area contributed by atoms with E-state index in [-0.39, 0.29) is 11.5 Å². The minimum absolute atomic E-state index is 0.279. The highest BCUT2D eigenvalue weighted by atomic mass is 35.5. The quantitative estimate of drug-likeness (QED) is 0.689. The van der Waals surface area contributed by atoms with Gasteiger partial charge in [-0.3, -0.25) is 9.56 Å². The van der Waals surface area contributed by atoms with E-state index in [1.165, 1.54) is 22.8 Å². The lowest BCUT2D eigenvalue weighted by Gasteiger charge is -2.13. The third-order valence-electron chi connectivity index (χ3n) is 4.22. The zero-order chi connectivity index (χ0) is 19.3. The van der Waals surface area contributed by atoms with Gasteiger partial charge in [0, 0.05) is 16.1 Å². The van der Waals surface area contributed by atoms with E-state index in [0.29, 0.717) is 32.7 Å². The van der Waals surface area contributed by atoms with E-state index in [1.54, 1.807) is 25.1 Å². The number of fused-ring (bicyclic) bond motifs is 3. The number of aliphatic imine (C=N–C) groups is 1. The van der Waals surface area contributed by atoms with Gasteiger partial charge in [0.05, 0.1) is 16.4 Å². The lowest BCUT2D eigenvalue weighted by atomic mass is 10.00. The first-order valence-electron chi connectivity index (χ1n) is 7.89. The van der Waals surface area contributed by atoms with Crippen molar-refractivity contribution in [2.45, 2.75) is 13.0 Å². The Balaban J connectivity index is 2.05. The van der Waals surface area contributed by atoms with Crippen molar-refractivity contribution in [2.75, 3.05) is 0 Å². The topological polar surface area (TPSA) is 80.4 Å². The van der Waals surface area contributed by atoms with Crippen molar-refractivity contribution in [2.24, 2.45) is 4.99 Å². The predicted molar refractivity (Wildman–Crippen MR) is 98.8 cm³/mol. The summed E-state index contributed by atoms with van der Waals surface area (Å²) in [5, 5.41) is 18.0. The molecular formula is C18H11Cl2FN4O2. The Hall–Kier alpha value is -2.77. The van der Waals surface area contributed by atoms with Crippen LogP contribution in [0, 0.1) is 5.82 Å². The zero-order valence-electron chi connectivity index (χ0n) is 13.8. The molecule has 1 unspecified atom stereocenters.